The number of carbonyl (C=O) groups is 1. The van der Waals surface area contributed by atoms with Gasteiger partial charge in [-0.1, -0.05) is 11.8 Å². The number of benzene rings is 1. The van der Waals surface area contributed by atoms with Gasteiger partial charge in [-0.25, -0.2) is 9.97 Å². The van der Waals surface area contributed by atoms with Crippen LogP contribution in [-0.2, 0) is 16.7 Å². The predicted molar refractivity (Wildman–Crippen MR) is 108 cm³/mol. The van der Waals surface area contributed by atoms with E-state index in [2.05, 4.69) is 20.3 Å². The molecule has 0 atom stereocenters. The predicted octanol–water partition coefficient (Wildman–Crippen LogP) is 4.21. The Morgan fingerprint density at radius 1 is 1.10 bits per heavy atom. The molecule has 0 aliphatic rings. The molecule has 0 aliphatic carbocycles. The number of pyridine rings is 1. The van der Waals surface area contributed by atoms with Gasteiger partial charge in [0, 0.05) is 29.9 Å². The molecule has 1 aromatic carbocycles. The number of aromatic nitrogens is 3. The molecule has 7 nitrogen and oxygen atoms in total. The number of hydrogen-bond donors (Lipinski definition) is 1. The van der Waals surface area contributed by atoms with E-state index >= 15 is 0 Å². The van der Waals surface area contributed by atoms with Crippen LogP contribution in [0, 0.1) is 0 Å². The van der Waals surface area contributed by atoms with Crippen LogP contribution in [0.4, 0.5) is 18.9 Å². The SMILES string of the molecule is COc1cnc(CSc2ncccn2)cc1OCC(=O)Nc1ccc(C(F)(F)F)cc1. The summed E-state index contributed by atoms with van der Waals surface area (Å²) in [6, 6.07) is 7.49. The number of halogens is 3. The lowest BCUT2D eigenvalue weighted by molar-refractivity contribution is -0.137. The van der Waals surface area contributed by atoms with E-state index in [0.29, 0.717) is 28.1 Å². The fraction of sp³-hybridized carbons (Fsp3) is 0.200. The van der Waals surface area contributed by atoms with Crippen LogP contribution in [-0.4, -0.2) is 34.6 Å². The average Bonchev–Trinajstić information content (AvgIpc) is 2.77. The summed E-state index contributed by atoms with van der Waals surface area (Å²) in [5.74, 6) is 0.589. The van der Waals surface area contributed by atoms with Gasteiger partial charge in [0.1, 0.15) is 0 Å². The number of thioether (sulfide) groups is 1. The largest absolute Gasteiger partial charge is 0.491 e. The Balaban J connectivity index is 1.58. The Labute approximate surface area is 180 Å². The topological polar surface area (TPSA) is 86.2 Å². The highest BCUT2D eigenvalue weighted by Gasteiger charge is 2.30. The molecule has 0 radical (unpaired) electrons. The molecule has 11 heteroatoms. The Kier molecular flexibility index (Phi) is 7.29. The zero-order valence-electron chi connectivity index (χ0n) is 16.2. The molecule has 3 rings (SSSR count). The van der Waals surface area contributed by atoms with Gasteiger partial charge in [-0.15, -0.1) is 0 Å². The van der Waals surface area contributed by atoms with Crippen LogP contribution >= 0.6 is 11.8 Å². The average molecular weight is 450 g/mol. The Bertz CT molecular complexity index is 1020. The molecule has 0 saturated heterocycles. The van der Waals surface area contributed by atoms with Crippen molar-refractivity contribution in [1.82, 2.24) is 15.0 Å². The standard InChI is InChI=1S/C20H17F3N4O3S/c1-29-17-10-26-15(12-31-19-24-7-2-8-25-19)9-16(17)30-11-18(28)27-14-5-3-13(4-6-14)20(21,22)23/h2-10H,11-12H2,1H3,(H,27,28). The number of carbonyl (C=O) groups excluding carboxylic acids is 1. The van der Waals surface area contributed by atoms with Crippen LogP contribution in [0.5, 0.6) is 11.5 Å². The van der Waals surface area contributed by atoms with Crippen molar-refractivity contribution in [3.63, 3.8) is 0 Å². The van der Waals surface area contributed by atoms with Gasteiger partial charge in [-0.2, -0.15) is 13.2 Å². The van der Waals surface area contributed by atoms with Gasteiger partial charge < -0.3 is 14.8 Å². The van der Waals surface area contributed by atoms with E-state index < -0.39 is 17.6 Å². The zero-order chi connectivity index (χ0) is 22.3. The van der Waals surface area contributed by atoms with Gasteiger partial charge >= 0.3 is 6.18 Å². The number of alkyl halides is 3. The van der Waals surface area contributed by atoms with Crippen LogP contribution in [0.15, 0.2) is 60.1 Å². The van der Waals surface area contributed by atoms with E-state index in [-0.39, 0.29) is 12.3 Å². The maximum absolute atomic E-state index is 12.6. The molecular formula is C20H17F3N4O3S. The molecule has 31 heavy (non-hydrogen) atoms. The van der Waals surface area contributed by atoms with Crippen molar-refractivity contribution < 1.29 is 27.4 Å². The zero-order valence-corrected chi connectivity index (χ0v) is 17.0. The number of rotatable bonds is 8. The van der Waals surface area contributed by atoms with E-state index in [4.69, 9.17) is 9.47 Å². The van der Waals surface area contributed by atoms with Gasteiger partial charge in [0.2, 0.25) is 0 Å². The summed E-state index contributed by atoms with van der Waals surface area (Å²) in [6.07, 6.45) is 0.318. The Hall–Kier alpha value is -3.34. The van der Waals surface area contributed by atoms with Crippen molar-refractivity contribution >= 4 is 23.4 Å². The highest BCUT2D eigenvalue weighted by atomic mass is 32.2. The molecule has 1 N–H and O–H groups in total. The van der Waals surface area contributed by atoms with Crippen molar-refractivity contribution in [2.75, 3.05) is 19.0 Å². The van der Waals surface area contributed by atoms with Crippen molar-refractivity contribution in [2.24, 2.45) is 0 Å². The first-order valence-electron chi connectivity index (χ1n) is 8.88. The van der Waals surface area contributed by atoms with E-state index in [1.807, 2.05) is 0 Å². The molecule has 3 aromatic rings. The molecule has 0 spiro atoms. The molecule has 2 aromatic heterocycles. The first kappa shape index (κ1) is 22.3. The van der Waals surface area contributed by atoms with E-state index in [0.717, 1.165) is 12.1 Å². The highest BCUT2D eigenvalue weighted by Crippen LogP contribution is 2.30. The maximum atomic E-state index is 12.6. The van der Waals surface area contributed by atoms with E-state index in [9.17, 15) is 18.0 Å². The highest BCUT2D eigenvalue weighted by molar-refractivity contribution is 7.98. The van der Waals surface area contributed by atoms with Crippen LogP contribution < -0.4 is 14.8 Å². The van der Waals surface area contributed by atoms with Crippen molar-refractivity contribution in [2.45, 2.75) is 17.1 Å². The normalized spacial score (nSPS) is 11.1. The second-order valence-corrected chi connectivity index (χ2v) is 7.00. The smallest absolute Gasteiger partial charge is 0.416 e. The van der Waals surface area contributed by atoms with Crippen LogP contribution in [0.1, 0.15) is 11.3 Å². The minimum absolute atomic E-state index is 0.225. The first-order chi connectivity index (χ1) is 14.8. The minimum atomic E-state index is -4.44. The number of nitrogens with one attached hydrogen (secondary N) is 1. The van der Waals surface area contributed by atoms with Crippen LogP contribution in [0.2, 0.25) is 0 Å². The lowest BCUT2D eigenvalue weighted by Crippen LogP contribution is -2.20. The van der Waals surface area contributed by atoms with E-state index in [1.54, 1.807) is 24.5 Å². The van der Waals surface area contributed by atoms with Gasteiger partial charge in [-0.05, 0) is 30.3 Å². The first-order valence-corrected chi connectivity index (χ1v) is 9.86. The lowest BCUT2D eigenvalue weighted by Gasteiger charge is -2.12. The summed E-state index contributed by atoms with van der Waals surface area (Å²) in [6.45, 7) is -0.365. The number of hydrogen-bond acceptors (Lipinski definition) is 7. The summed E-state index contributed by atoms with van der Waals surface area (Å²) >= 11 is 1.38. The molecule has 0 fully saturated rings. The lowest BCUT2D eigenvalue weighted by atomic mass is 10.2. The number of methoxy groups -OCH3 is 1. The van der Waals surface area contributed by atoms with Gasteiger partial charge in [0.25, 0.3) is 5.91 Å². The number of nitrogens with zero attached hydrogens (tertiary/aromatic N) is 3. The van der Waals surface area contributed by atoms with Gasteiger partial charge in [0.05, 0.1) is 24.6 Å². The van der Waals surface area contributed by atoms with Crippen molar-refractivity contribution in [1.29, 1.82) is 0 Å². The summed E-state index contributed by atoms with van der Waals surface area (Å²) in [7, 11) is 1.44. The molecule has 0 aliphatic heterocycles. The Morgan fingerprint density at radius 2 is 1.81 bits per heavy atom. The monoisotopic (exact) mass is 450 g/mol. The van der Waals surface area contributed by atoms with Crippen molar-refractivity contribution in [3.05, 3.63) is 66.2 Å². The van der Waals surface area contributed by atoms with Gasteiger partial charge in [-0.3, -0.25) is 9.78 Å². The fourth-order valence-corrected chi connectivity index (χ4v) is 3.10. The van der Waals surface area contributed by atoms with Gasteiger partial charge in [0.15, 0.2) is 23.3 Å². The summed E-state index contributed by atoms with van der Waals surface area (Å²) in [5.41, 5.74) is 0.0919. The third-order valence-electron chi connectivity index (χ3n) is 3.85. The number of anilines is 1. The quantitative estimate of drug-likeness (QED) is 0.406. The molecule has 162 valence electrons. The number of amides is 1. The minimum Gasteiger partial charge on any atom is -0.491 e. The second-order valence-electron chi connectivity index (χ2n) is 6.06. The van der Waals surface area contributed by atoms with Crippen LogP contribution in [0.3, 0.4) is 0 Å². The third kappa shape index (κ3) is 6.57. The molecule has 0 unspecified atom stereocenters. The Morgan fingerprint density at radius 3 is 2.45 bits per heavy atom. The molecule has 0 saturated carbocycles. The molecular weight excluding hydrogens is 433 g/mol. The third-order valence-corrected chi connectivity index (χ3v) is 4.76. The second kappa shape index (κ2) is 10.1. The van der Waals surface area contributed by atoms with Crippen molar-refractivity contribution in [3.8, 4) is 11.5 Å². The molecule has 0 bridgehead atoms. The maximum Gasteiger partial charge on any atom is 0.416 e. The van der Waals surface area contributed by atoms with Crippen LogP contribution in [0.25, 0.3) is 0 Å². The number of ether oxygens (including phenoxy) is 2. The summed E-state index contributed by atoms with van der Waals surface area (Å²) in [5, 5.41) is 3.08. The summed E-state index contributed by atoms with van der Waals surface area (Å²) in [4.78, 5) is 24.6. The van der Waals surface area contributed by atoms with E-state index in [1.165, 1.54) is 37.2 Å². The molecule has 1 amide bonds. The molecule has 2 heterocycles. The summed E-state index contributed by atoms with van der Waals surface area (Å²) < 4.78 is 48.6. The fourth-order valence-electron chi connectivity index (χ4n) is 2.39.